The second-order valence-corrected chi connectivity index (χ2v) is 4.82. The first-order chi connectivity index (χ1) is 7.26. The lowest BCUT2D eigenvalue weighted by Gasteiger charge is -2.15. The Kier molecular flexibility index (Phi) is 6.30. The zero-order chi connectivity index (χ0) is 11.1. The molecule has 1 aromatic carbocycles. The van der Waals surface area contributed by atoms with E-state index >= 15 is 0 Å². The first-order valence-electron chi connectivity index (χ1n) is 5.30. The standard InChI is InChI=1S/C12H17BrClN/c1-2-12(7-8-13)15-9-10-3-5-11(14)6-4-10/h3-6,12,15H,2,7-9H2,1H3. The highest BCUT2D eigenvalue weighted by molar-refractivity contribution is 9.09. The van der Waals surface area contributed by atoms with Crippen LogP contribution < -0.4 is 5.32 Å². The van der Waals surface area contributed by atoms with E-state index in [4.69, 9.17) is 11.6 Å². The highest BCUT2D eigenvalue weighted by Gasteiger charge is 2.03. The molecule has 1 N–H and O–H groups in total. The summed E-state index contributed by atoms with van der Waals surface area (Å²) in [5.74, 6) is 0. The van der Waals surface area contributed by atoms with Crippen molar-refractivity contribution >= 4 is 27.5 Å². The molecule has 1 nitrogen and oxygen atoms in total. The molecule has 0 saturated carbocycles. The van der Waals surface area contributed by atoms with Gasteiger partial charge in [-0.15, -0.1) is 0 Å². The van der Waals surface area contributed by atoms with Crippen molar-refractivity contribution in [2.45, 2.75) is 32.4 Å². The van der Waals surface area contributed by atoms with Gasteiger partial charge in [0, 0.05) is 22.9 Å². The van der Waals surface area contributed by atoms with Crippen molar-refractivity contribution in [3.8, 4) is 0 Å². The average Bonchev–Trinajstić information content (AvgIpc) is 2.26. The number of hydrogen-bond donors (Lipinski definition) is 1. The molecule has 0 heterocycles. The Morgan fingerprint density at radius 1 is 1.33 bits per heavy atom. The molecule has 0 radical (unpaired) electrons. The van der Waals surface area contributed by atoms with Crippen LogP contribution in [-0.4, -0.2) is 11.4 Å². The minimum atomic E-state index is 0.597. The van der Waals surface area contributed by atoms with Crippen LogP contribution in [0.3, 0.4) is 0 Å². The van der Waals surface area contributed by atoms with E-state index in [0.29, 0.717) is 6.04 Å². The lowest BCUT2D eigenvalue weighted by molar-refractivity contribution is 0.488. The summed E-state index contributed by atoms with van der Waals surface area (Å²) < 4.78 is 0. The number of hydrogen-bond acceptors (Lipinski definition) is 1. The van der Waals surface area contributed by atoms with Gasteiger partial charge in [-0.25, -0.2) is 0 Å². The Morgan fingerprint density at radius 2 is 2.00 bits per heavy atom. The quantitative estimate of drug-likeness (QED) is 0.781. The molecule has 1 rings (SSSR count). The van der Waals surface area contributed by atoms with Crippen molar-refractivity contribution in [1.82, 2.24) is 5.32 Å². The number of nitrogens with one attached hydrogen (secondary N) is 1. The van der Waals surface area contributed by atoms with Crippen LogP contribution in [0.5, 0.6) is 0 Å². The highest BCUT2D eigenvalue weighted by Crippen LogP contribution is 2.10. The van der Waals surface area contributed by atoms with Gasteiger partial charge >= 0.3 is 0 Å². The van der Waals surface area contributed by atoms with Gasteiger partial charge in [0.25, 0.3) is 0 Å². The van der Waals surface area contributed by atoms with Crippen LogP contribution in [0.2, 0.25) is 5.02 Å². The van der Waals surface area contributed by atoms with Gasteiger partial charge in [0.2, 0.25) is 0 Å². The van der Waals surface area contributed by atoms with Crippen LogP contribution in [-0.2, 0) is 6.54 Å². The highest BCUT2D eigenvalue weighted by atomic mass is 79.9. The van der Waals surface area contributed by atoms with Crippen LogP contribution in [0.1, 0.15) is 25.3 Å². The molecular formula is C12H17BrClN. The third-order valence-electron chi connectivity index (χ3n) is 2.46. The molecule has 0 aliphatic rings. The minimum Gasteiger partial charge on any atom is -0.310 e. The van der Waals surface area contributed by atoms with E-state index in [-0.39, 0.29) is 0 Å². The fourth-order valence-corrected chi connectivity index (χ4v) is 2.13. The molecule has 1 atom stereocenters. The predicted molar refractivity (Wildman–Crippen MR) is 70.8 cm³/mol. The minimum absolute atomic E-state index is 0.597. The van der Waals surface area contributed by atoms with E-state index in [0.717, 1.165) is 16.9 Å². The van der Waals surface area contributed by atoms with Gasteiger partial charge < -0.3 is 5.32 Å². The van der Waals surface area contributed by atoms with Crippen molar-refractivity contribution in [2.75, 3.05) is 5.33 Å². The molecule has 0 saturated heterocycles. The lowest BCUT2D eigenvalue weighted by atomic mass is 10.1. The Hall–Kier alpha value is -0.0500. The van der Waals surface area contributed by atoms with Gasteiger partial charge in [0.15, 0.2) is 0 Å². The summed E-state index contributed by atoms with van der Waals surface area (Å²) in [4.78, 5) is 0. The maximum absolute atomic E-state index is 5.82. The molecule has 0 spiro atoms. The van der Waals surface area contributed by atoms with Crippen molar-refractivity contribution in [3.05, 3.63) is 34.9 Å². The summed E-state index contributed by atoms with van der Waals surface area (Å²) in [5, 5.41) is 5.39. The molecule has 0 aliphatic carbocycles. The third-order valence-corrected chi connectivity index (χ3v) is 3.17. The van der Waals surface area contributed by atoms with Crippen LogP contribution in [0.25, 0.3) is 0 Å². The molecule has 15 heavy (non-hydrogen) atoms. The van der Waals surface area contributed by atoms with Crippen LogP contribution in [0, 0.1) is 0 Å². The average molecular weight is 291 g/mol. The zero-order valence-corrected chi connectivity index (χ0v) is 11.3. The van der Waals surface area contributed by atoms with Gasteiger partial charge in [0.1, 0.15) is 0 Å². The first kappa shape index (κ1) is 13.0. The predicted octanol–water partition coefficient (Wildman–Crippen LogP) is 3.99. The van der Waals surface area contributed by atoms with E-state index in [1.54, 1.807) is 0 Å². The largest absolute Gasteiger partial charge is 0.310 e. The van der Waals surface area contributed by atoms with Crippen LogP contribution >= 0.6 is 27.5 Å². The molecular weight excluding hydrogens is 273 g/mol. The lowest BCUT2D eigenvalue weighted by Crippen LogP contribution is -2.28. The number of rotatable bonds is 6. The molecule has 0 aliphatic heterocycles. The molecule has 0 bridgehead atoms. The Labute approximate surface area is 105 Å². The van der Waals surface area contributed by atoms with E-state index in [1.165, 1.54) is 18.4 Å². The zero-order valence-electron chi connectivity index (χ0n) is 8.97. The summed E-state index contributed by atoms with van der Waals surface area (Å²) in [5.41, 5.74) is 1.28. The second-order valence-electron chi connectivity index (χ2n) is 3.59. The van der Waals surface area contributed by atoms with Crippen molar-refractivity contribution < 1.29 is 0 Å². The van der Waals surface area contributed by atoms with Crippen molar-refractivity contribution in [3.63, 3.8) is 0 Å². The van der Waals surface area contributed by atoms with Gasteiger partial charge in [-0.05, 0) is 30.5 Å². The number of benzene rings is 1. The van der Waals surface area contributed by atoms with Gasteiger partial charge in [-0.2, -0.15) is 0 Å². The molecule has 0 fully saturated rings. The van der Waals surface area contributed by atoms with E-state index in [9.17, 15) is 0 Å². The number of alkyl halides is 1. The number of halogens is 2. The van der Waals surface area contributed by atoms with Gasteiger partial charge in [-0.1, -0.05) is 46.6 Å². The topological polar surface area (TPSA) is 12.0 Å². The van der Waals surface area contributed by atoms with E-state index in [1.807, 2.05) is 12.1 Å². The fourth-order valence-electron chi connectivity index (χ4n) is 1.45. The van der Waals surface area contributed by atoms with E-state index in [2.05, 4.69) is 40.3 Å². The smallest absolute Gasteiger partial charge is 0.0406 e. The molecule has 0 aromatic heterocycles. The summed E-state index contributed by atoms with van der Waals surface area (Å²) in [6.45, 7) is 3.13. The molecule has 84 valence electrons. The maximum Gasteiger partial charge on any atom is 0.0406 e. The van der Waals surface area contributed by atoms with E-state index < -0.39 is 0 Å². The SMILES string of the molecule is CCC(CCBr)NCc1ccc(Cl)cc1. The second kappa shape index (κ2) is 7.26. The van der Waals surface area contributed by atoms with Crippen LogP contribution in [0.4, 0.5) is 0 Å². The summed E-state index contributed by atoms with van der Waals surface area (Å²) in [6, 6.07) is 8.60. The normalized spacial score (nSPS) is 12.7. The monoisotopic (exact) mass is 289 g/mol. The van der Waals surface area contributed by atoms with Crippen molar-refractivity contribution in [2.24, 2.45) is 0 Å². The fraction of sp³-hybridized carbons (Fsp3) is 0.500. The maximum atomic E-state index is 5.82. The van der Waals surface area contributed by atoms with Crippen LogP contribution in [0.15, 0.2) is 24.3 Å². The molecule has 1 unspecified atom stereocenters. The summed E-state index contributed by atoms with van der Waals surface area (Å²) >= 11 is 9.29. The van der Waals surface area contributed by atoms with Crippen molar-refractivity contribution in [1.29, 1.82) is 0 Å². The molecule has 0 amide bonds. The Bertz CT molecular complexity index is 273. The molecule has 3 heteroatoms. The van der Waals surface area contributed by atoms with Gasteiger partial charge in [0.05, 0.1) is 0 Å². The molecule has 1 aromatic rings. The Balaban J connectivity index is 2.38. The van der Waals surface area contributed by atoms with Gasteiger partial charge in [-0.3, -0.25) is 0 Å². The third kappa shape index (κ3) is 5.01. The summed E-state index contributed by atoms with van der Waals surface area (Å²) in [7, 11) is 0. The summed E-state index contributed by atoms with van der Waals surface area (Å²) in [6.07, 6.45) is 2.34. The Morgan fingerprint density at radius 3 is 2.53 bits per heavy atom. The first-order valence-corrected chi connectivity index (χ1v) is 6.80.